The summed E-state index contributed by atoms with van der Waals surface area (Å²) in [7, 11) is -5.21. The largest absolute Gasteiger partial charge is 0.538 e. The van der Waals surface area contributed by atoms with E-state index < -0.39 is 16.6 Å². The molecule has 0 aromatic heterocycles. The van der Waals surface area contributed by atoms with Crippen molar-refractivity contribution in [3.63, 3.8) is 0 Å². The molecule has 2 aliphatic carbocycles. The van der Waals surface area contributed by atoms with Gasteiger partial charge in [-0.1, -0.05) is 137 Å². The molecule has 4 nitrogen and oxygen atoms in total. The minimum absolute atomic E-state index is 0.191. The summed E-state index contributed by atoms with van der Waals surface area (Å²) < 4.78 is 14.6. The summed E-state index contributed by atoms with van der Waals surface area (Å²) in [5, 5.41) is 2.34. The molecular formula is C38H38O4Si2. The summed E-state index contributed by atoms with van der Waals surface area (Å²) in [5.74, 6) is 0.637. The van der Waals surface area contributed by atoms with Gasteiger partial charge >= 0.3 is 0 Å². The van der Waals surface area contributed by atoms with E-state index in [1.54, 1.807) is 0 Å². The standard InChI is InChI=1S/C38H38O4Si2/c1-5-43(6-2,27-19-11-9-12-20-27)41-37-31-25-17-15-23-29(31)36(40)34-33(37)35(39)30-24-16-18-26-32(30)38(34)42-44(7-3,8-4)28-21-13-10-14-22-28/h9-26H,5-8H2,1-4H3. The number of carbonyl (C=O) groups is 2. The lowest BCUT2D eigenvalue weighted by molar-refractivity contribution is 0.0988. The highest BCUT2D eigenvalue weighted by atomic mass is 28.4. The van der Waals surface area contributed by atoms with Gasteiger partial charge in [0.25, 0.3) is 16.6 Å². The maximum Gasteiger partial charge on any atom is 0.282 e. The Morgan fingerprint density at radius 3 is 1.05 bits per heavy atom. The lowest BCUT2D eigenvalue weighted by atomic mass is 9.76. The van der Waals surface area contributed by atoms with Crippen LogP contribution in [0.3, 0.4) is 0 Å². The number of hydrogen-bond acceptors (Lipinski definition) is 4. The van der Waals surface area contributed by atoms with Crippen LogP contribution in [0.15, 0.2) is 120 Å². The van der Waals surface area contributed by atoms with E-state index in [9.17, 15) is 9.59 Å². The molecule has 0 aliphatic heterocycles. The molecule has 0 bridgehead atoms. The Morgan fingerprint density at radius 1 is 0.432 bits per heavy atom. The first-order valence-corrected chi connectivity index (χ1v) is 20.3. The molecule has 0 fully saturated rings. The van der Waals surface area contributed by atoms with Gasteiger partial charge in [-0.25, -0.2) is 0 Å². The highest BCUT2D eigenvalue weighted by Gasteiger charge is 2.47. The molecule has 0 saturated heterocycles. The van der Waals surface area contributed by atoms with E-state index in [0.29, 0.717) is 44.9 Å². The summed E-state index contributed by atoms with van der Waals surface area (Å²) in [6, 6.07) is 39.1. The van der Waals surface area contributed by atoms with Crippen LogP contribution in [0.5, 0.6) is 0 Å². The van der Waals surface area contributed by atoms with E-state index in [4.69, 9.17) is 8.85 Å². The van der Waals surface area contributed by atoms with E-state index in [2.05, 4.69) is 52.0 Å². The summed E-state index contributed by atoms with van der Waals surface area (Å²) in [6.45, 7) is 8.66. The van der Waals surface area contributed by atoms with E-state index in [1.807, 2.05) is 84.9 Å². The summed E-state index contributed by atoms with van der Waals surface area (Å²) >= 11 is 0. The van der Waals surface area contributed by atoms with Gasteiger partial charge < -0.3 is 8.85 Å². The topological polar surface area (TPSA) is 52.6 Å². The molecule has 0 radical (unpaired) electrons. The van der Waals surface area contributed by atoms with Gasteiger partial charge in [0, 0.05) is 22.3 Å². The Balaban J connectivity index is 1.67. The molecule has 0 atom stereocenters. The molecular weight excluding hydrogens is 577 g/mol. The van der Waals surface area contributed by atoms with Gasteiger partial charge in [0.1, 0.15) is 11.5 Å². The molecule has 4 aromatic carbocycles. The number of rotatable bonds is 10. The zero-order valence-corrected chi connectivity index (χ0v) is 27.9. The Bertz CT molecular complexity index is 1650. The van der Waals surface area contributed by atoms with Gasteiger partial charge in [0.2, 0.25) is 0 Å². The second-order valence-corrected chi connectivity index (χ2v) is 19.9. The first-order valence-electron chi connectivity index (χ1n) is 15.7. The quantitative estimate of drug-likeness (QED) is 0.170. The predicted octanol–water partition coefficient (Wildman–Crippen LogP) is 8.02. The minimum atomic E-state index is -2.61. The predicted molar refractivity (Wildman–Crippen MR) is 183 cm³/mol. The number of fused-ring (bicyclic) bond motifs is 3. The lowest BCUT2D eigenvalue weighted by Gasteiger charge is -2.38. The van der Waals surface area contributed by atoms with Crippen molar-refractivity contribution in [1.29, 1.82) is 0 Å². The van der Waals surface area contributed by atoms with Crippen LogP contribution < -0.4 is 10.4 Å². The van der Waals surface area contributed by atoms with Gasteiger partial charge in [-0.3, -0.25) is 9.59 Å². The van der Waals surface area contributed by atoms with Crippen LogP contribution in [0.4, 0.5) is 0 Å². The van der Waals surface area contributed by atoms with Crippen molar-refractivity contribution in [2.45, 2.75) is 51.9 Å². The SMILES string of the molecule is CC[Si](CC)(OC1=C2C(=O)c3ccccc3C(O[Si](CC)(CC)c3ccccc3)=C2C(=O)c2ccccc21)c1ccccc1. The number of hydrogen-bond donors (Lipinski definition) is 0. The Morgan fingerprint density at radius 2 is 0.727 bits per heavy atom. The average Bonchev–Trinajstić information content (AvgIpc) is 3.09. The van der Waals surface area contributed by atoms with Crippen molar-refractivity contribution < 1.29 is 18.4 Å². The van der Waals surface area contributed by atoms with Crippen molar-refractivity contribution in [3.05, 3.63) is 143 Å². The monoisotopic (exact) mass is 614 g/mol. The van der Waals surface area contributed by atoms with Crippen molar-refractivity contribution in [1.82, 2.24) is 0 Å². The summed E-state index contributed by atoms with van der Waals surface area (Å²) in [6.07, 6.45) is 0. The van der Waals surface area contributed by atoms with Crippen LogP contribution in [-0.2, 0) is 8.85 Å². The minimum Gasteiger partial charge on any atom is -0.538 e. The number of carbonyl (C=O) groups excluding carboxylic acids is 2. The first-order chi connectivity index (χ1) is 21.4. The molecule has 222 valence electrons. The fourth-order valence-electron chi connectivity index (χ4n) is 6.77. The Kier molecular flexibility index (Phi) is 8.14. The molecule has 0 spiro atoms. The number of Topliss-reactive ketones (excluding diaryl/α,β-unsaturated/α-hetero) is 2. The highest BCUT2D eigenvalue weighted by Crippen LogP contribution is 2.47. The van der Waals surface area contributed by atoms with Crippen LogP contribution in [0.1, 0.15) is 59.5 Å². The zero-order valence-electron chi connectivity index (χ0n) is 25.9. The number of allylic oxidation sites excluding steroid dienone is 2. The zero-order chi connectivity index (χ0) is 30.9. The molecule has 0 unspecified atom stereocenters. The number of ketones is 2. The Labute approximate surface area is 262 Å². The van der Waals surface area contributed by atoms with Crippen molar-refractivity contribution in [2.24, 2.45) is 0 Å². The first kappa shape index (κ1) is 29.8. The van der Waals surface area contributed by atoms with Crippen LogP contribution in [0.25, 0.3) is 11.5 Å². The molecule has 6 rings (SSSR count). The molecule has 0 N–H and O–H groups in total. The van der Waals surface area contributed by atoms with E-state index in [-0.39, 0.29) is 11.6 Å². The second-order valence-electron chi connectivity index (χ2n) is 11.5. The molecule has 0 saturated carbocycles. The summed E-state index contributed by atoms with van der Waals surface area (Å²) in [5.41, 5.74) is 3.10. The maximum absolute atomic E-state index is 14.6. The highest BCUT2D eigenvalue weighted by molar-refractivity contribution is 6.87. The maximum atomic E-state index is 14.6. The second kappa shape index (κ2) is 12.0. The van der Waals surface area contributed by atoms with Crippen molar-refractivity contribution >= 4 is 50.1 Å². The van der Waals surface area contributed by atoms with Crippen molar-refractivity contribution in [2.75, 3.05) is 0 Å². The molecule has 44 heavy (non-hydrogen) atoms. The van der Waals surface area contributed by atoms with Gasteiger partial charge in [-0.2, -0.15) is 0 Å². The van der Waals surface area contributed by atoms with Gasteiger partial charge in [-0.15, -0.1) is 0 Å². The molecule has 4 aromatic rings. The fraction of sp³-hybridized carbons (Fsp3) is 0.211. The number of benzene rings is 4. The van der Waals surface area contributed by atoms with Crippen LogP contribution in [0.2, 0.25) is 24.2 Å². The van der Waals surface area contributed by atoms with Gasteiger partial charge in [0.15, 0.2) is 11.6 Å². The lowest BCUT2D eigenvalue weighted by Crippen LogP contribution is -2.50. The van der Waals surface area contributed by atoms with Crippen LogP contribution in [0, 0.1) is 0 Å². The van der Waals surface area contributed by atoms with Gasteiger partial charge in [0.05, 0.1) is 11.1 Å². The van der Waals surface area contributed by atoms with Crippen molar-refractivity contribution in [3.8, 4) is 0 Å². The van der Waals surface area contributed by atoms with Gasteiger partial charge in [-0.05, 0) is 34.5 Å². The molecule has 2 aliphatic rings. The van der Waals surface area contributed by atoms with E-state index >= 15 is 0 Å². The van der Waals surface area contributed by atoms with E-state index in [0.717, 1.165) is 24.2 Å². The average molecular weight is 615 g/mol. The Hall–Kier alpha value is -4.27. The smallest absolute Gasteiger partial charge is 0.282 e. The third-order valence-electron chi connectivity index (χ3n) is 9.47. The molecule has 6 heteroatoms. The third kappa shape index (κ3) is 4.73. The normalized spacial score (nSPS) is 14.6. The molecule has 0 amide bonds. The third-order valence-corrected chi connectivity index (χ3v) is 18.0. The van der Waals surface area contributed by atoms with E-state index in [1.165, 1.54) is 10.4 Å². The van der Waals surface area contributed by atoms with Crippen LogP contribution in [-0.4, -0.2) is 28.2 Å². The fourth-order valence-corrected chi connectivity index (χ4v) is 13.0. The van der Waals surface area contributed by atoms with Crippen LogP contribution >= 0.6 is 0 Å². The molecule has 0 heterocycles. The summed E-state index contributed by atoms with van der Waals surface area (Å²) in [4.78, 5) is 29.2.